The molecule has 0 aromatic heterocycles. The van der Waals surface area contributed by atoms with Gasteiger partial charge in [0.25, 0.3) is 0 Å². The summed E-state index contributed by atoms with van der Waals surface area (Å²) in [6.07, 6.45) is -6.91. The van der Waals surface area contributed by atoms with Crippen molar-refractivity contribution >= 4 is 11.0 Å². The van der Waals surface area contributed by atoms with Crippen molar-refractivity contribution in [2.24, 2.45) is 0 Å². The molecule has 0 aliphatic carbocycles. The lowest BCUT2D eigenvalue weighted by Crippen LogP contribution is -2.63. The van der Waals surface area contributed by atoms with Crippen LogP contribution in [0.3, 0.4) is 0 Å². The first-order valence-electron chi connectivity index (χ1n) is 3.90. The molecule has 0 saturated heterocycles. The van der Waals surface area contributed by atoms with Gasteiger partial charge >= 0.3 is 23.3 Å². The second-order valence-corrected chi connectivity index (χ2v) is 4.97. The Kier molecular flexibility index (Phi) is 4.41. The number of alkyl halides is 9. The number of hydrogen-bond donors (Lipinski definition) is 0. The average Bonchev–Trinajstić information content (AvgIpc) is 2.13. The van der Waals surface area contributed by atoms with Crippen molar-refractivity contribution in [1.82, 2.24) is 4.31 Å². The zero-order valence-corrected chi connectivity index (χ0v) is 9.48. The Balaban J connectivity index is 5.72. The smallest absolute Gasteiger partial charge is 0.236 e. The molecule has 1 unspecified atom stereocenters. The Labute approximate surface area is 97.3 Å². The normalized spacial score (nSPS) is 17.1. The summed E-state index contributed by atoms with van der Waals surface area (Å²) >= 11 is 0. The van der Waals surface area contributed by atoms with Gasteiger partial charge in [-0.1, -0.05) is 0 Å². The standard InChI is InChI=1S/C6H6F9NOS/c1-16(2)18(17)6(14,15)4(9,10)3(7,8)5(11,12)13/h1-2H3. The highest BCUT2D eigenvalue weighted by Gasteiger charge is 2.83. The summed E-state index contributed by atoms with van der Waals surface area (Å²) in [6, 6.07) is 0. The van der Waals surface area contributed by atoms with Gasteiger partial charge in [-0.25, -0.2) is 8.51 Å². The molecule has 110 valence electrons. The fraction of sp³-hybridized carbons (Fsp3) is 1.00. The molecule has 0 amide bonds. The van der Waals surface area contributed by atoms with Gasteiger partial charge in [-0.15, -0.1) is 0 Å². The molecule has 0 fully saturated rings. The molecular formula is C6H6F9NOS. The molecule has 0 heterocycles. The first-order valence-corrected chi connectivity index (χ1v) is 5.01. The third-order valence-electron chi connectivity index (χ3n) is 1.67. The van der Waals surface area contributed by atoms with Crippen molar-refractivity contribution in [2.75, 3.05) is 14.1 Å². The second-order valence-electron chi connectivity index (χ2n) is 3.22. The fourth-order valence-electron chi connectivity index (χ4n) is 0.700. The van der Waals surface area contributed by atoms with E-state index >= 15 is 0 Å². The van der Waals surface area contributed by atoms with E-state index in [0.29, 0.717) is 14.1 Å². The molecule has 0 aromatic rings. The number of hydrogen-bond acceptors (Lipinski definition) is 1. The highest BCUT2D eigenvalue weighted by molar-refractivity contribution is 7.83. The molecule has 18 heavy (non-hydrogen) atoms. The third kappa shape index (κ3) is 2.44. The van der Waals surface area contributed by atoms with Crippen LogP contribution in [-0.4, -0.2) is 45.9 Å². The lowest BCUT2D eigenvalue weighted by Gasteiger charge is -2.33. The van der Waals surface area contributed by atoms with Crippen LogP contribution in [0.15, 0.2) is 0 Å². The van der Waals surface area contributed by atoms with Crippen molar-refractivity contribution in [3.8, 4) is 0 Å². The predicted molar refractivity (Wildman–Crippen MR) is 42.7 cm³/mol. The van der Waals surface area contributed by atoms with Crippen molar-refractivity contribution < 1.29 is 43.7 Å². The van der Waals surface area contributed by atoms with Gasteiger partial charge in [0, 0.05) is 0 Å². The summed E-state index contributed by atoms with van der Waals surface area (Å²) in [5.41, 5.74) is 0. The van der Waals surface area contributed by atoms with Crippen molar-refractivity contribution in [2.45, 2.75) is 23.3 Å². The zero-order chi connectivity index (χ0) is 15.2. The van der Waals surface area contributed by atoms with Crippen molar-refractivity contribution in [3.63, 3.8) is 0 Å². The second kappa shape index (κ2) is 4.54. The van der Waals surface area contributed by atoms with Gasteiger partial charge in [-0.3, -0.25) is 0 Å². The van der Waals surface area contributed by atoms with Gasteiger partial charge in [-0.05, 0) is 14.1 Å². The molecule has 0 aliphatic heterocycles. The van der Waals surface area contributed by atoms with Crippen LogP contribution in [0.25, 0.3) is 0 Å². The van der Waals surface area contributed by atoms with Crippen LogP contribution >= 0.6 is 0 Å². The van der Waals surface area contributed by atoms with Gasteiger partial charge in [-0.2, -0.15) is 39.5 Å². The molecule has 0 bridgehead atoms. The Morgan fingerprint density at radius 1 is 0.778 bits per heavy atom. The van der Waals surface area contributed by atoms with E-state index in [-0.39, 0.29) is 4.31 Å². The van der Waals surface area contributed by atoms with E-state index in [4.69, 9.17) is 0 Å². The van der Waals surface area contributed by atoms with Gasteiger partial charge in [0.1, 0.15) is 0 Å². The summed E-state index contributed by atoms with van der Waals surface area (Å²) in [5, 5.41) is -6.09. The lowest BCUT2D eigenvalue weighted by molar-refractivity contribution is -0.382. The molecule has 1 atom stereocenters. The molecule has 0 N–H and O–H groups in total. The van der Waals surface area contributed by atoms with E-state index in [1.165, 1.54) is 0 Å². The van der Waals surface area contributed by atoms with Crippen LogP contribution < -0.4 is 0 Å². The van der Waals surface area contributed by atoms with E-state index < -0.39 is 34.3 Å². The molecule has 0 aliphatic rings. The maximum Gasteiger partial charge on any atom is 0.460 e. The third-order valence-corrected chi connectivity index (χ3v) is 3.03. The van der Waals surface area contributed by atoms with Crippen molar-refractivity contribution in [1.29, 1.82) is 0 Å². The average molecular weight is 311 g/mol. The minimum atomic E-state index is -7.02. The van der Waals surface area contributed by atoms with E-state index in [2.05, 4.69) is 0 Å². The predicted octanol–water partition coefficient (Wildman–Crippen LogP) is 2.64. The Bertz CT molecular complexity index is 336. The number of halogens is 9. The van der Waals surface area contributed by atoms with Crippen LogP contribution in [0.2, 0.25) is 0 Å². The van der Waals surface area contributed by atoms with E-state index in [1.54, 1.807) is 0 Å². The van der Waals surface area contributed by atoms with Crippen LogP contribution in [-0.2, 0) is 11.0 Å². The summed E-state index contributed by atoms with van der Waals surface area (Å²) in [4.78, 5) is 0. The maximum absolute atomic E-state index is 12.8. The SMILES string of the molecule is CN(C)S(=O)C(F)(F)C(F)(F)C(F)(F)C(F)(F)F. The highest BCUT2D eigenvalue weighted by Crippen LogP contribution is 2.54. The van der Waals surface area contributed by atoms with Gasteiger partial charge in [0.2, 0.25) is 0 Å². The first-order chi connectivity index (χ1) is 7.60. The topological polar surface area (TPSA) is 20.3 Å². The molecule has 12 heteroatoms. The number of rotatable bonds is 4. The summed E-state index contributed by atoms with van der Waals surface area (Å²) in [7, 11) is -2.97. The molecule has 0 radical (unpaired) electrons. The summed E-state index contributed by atoms with van der Waals surface area (Å²) in [5.74, 6) is -13.9. The molecule has 0 saturated carbocycles. The van der Waals surface area contributed by atoms with Gasteiger partial charge in [0.15, 0.2) is 11.0 Å². The molecule has 0 aromatic carbocycles. The van der Waals surface area contributed by atoms with E-state index in [1.807, 2.05) is 0 Å². The minimum Gasteiger partial charge on any atom is -0.236 e. The molecule has 0 rings (SSSR count). The quantitative estimate of drug-likeness (QED) is 0.731. The lowest BCUT2D eigenvalue weighted by atomic mass is 10.1. The zero-order valence-electron chi connectivity index (χ0n) is 8.67. The molecular weight excluding hydrogens is 305 g/mol. The monoisotopic (exact) mass is 311 g/mol. The largest absolute Gasteiger partial charge is 0.460 e. The van der Waals surface area contributed by atoms with Gasteiger partial charge < -0.3 is 0 Å². The Morgan fingerprint density at radius 2 is 1.11 bits per heavy atom. The summed E-state index contributed by atoms with van der Waals surface area (Å²) < 4.78 is 121. The Morgan fingerprint density at radius 3 is 1.33 bits per heavy atom. The molecule has 0 spiro atoms. The summed E-state index contributed by atoms with van der Waals surface area (Å²) in [6.45, 7) is 0. The van der Waals surface area contributed by atoms with Crippen LogP contribution in [0.5, 0.6) is 0 Å². The van der Waals surface area contributed by atoms with E-state index in [0.717, 1.165) is 0 Å². The minimum absolute atomic E-state index is 0.111. The van der Waals surface area contributed by atoms with Crippen molar-refractivity contribution in [3.05, 3.63) is 0 Å². The van der Waals surface area contributed by atoms with Crippen LogP contribution in [0.1, 0.15) is 0 Å². The highest BCUT2D eigenvalue weighted by atomic mass is 32.2. The molecule has 2 nitrogen and oxygen atoms in total. The maximum atomic E-state index is 12.8. The van der Waals surface area contributed by atoms with Crippen LogP contribution in [0.4, 0.5) is 39.5 Å². The Hall–Kier alpha value is -0.520. The fourth-order valence-corrected chi connectivity index (χ4v) is 1.51. The number of nitrogens with zero attached hydrogens (tertiary/aromatic N) is 1. The van der Waals surface area contributed by atoms with Gasteiger partial charge in [0.05, 0.1) is 0 Å². The van der Waals surface area contributed by atoms with E-state index in [9.17, 15) is 43.7 Å². The van der Waals surface area contributed by atoms with Crippen LogP contribution in [0, 0.1) is 0 Å². The first kappa shape index (κ1) is 17.5.